The summed E-state index contributed by atoms with van der Waals surface area (Å²) in [6.07, 6.45) is 5.03. The van der Waals surface area contributed by atoms with Gasteiger partial charge >= 0.3 is 0 Å². The molecule has 1 heteroatoms. The van der Waals surface area contributed by atoms with Crippen LogP contribution >= 0.6 is 0 Å². The first-order chi connectivity index (χ1) is 6.00. The maximum Gasteiger partial charge on any atom is 0.0619 e. The lowest BCUT2D eigenvalue weighted by atomic mass is 9.75. The van der Waals surface area contributed by atoms with E-state index >= 15 is 0 Å². The van der Waals surface area contributed by atoms with Gasteiger partial charge in [0.05, 0.1) is 5.60 Å². The lowest BCUT2D eigenvalue weighted by molar-refractivity contribution is -0.00466. The molecule has 0 aliphatic heterocycles. The minimum Gasteiger partial charge on any atom is -0.390 e. The van der Waals surface area contributed by atoms with Gasteiger partial charge in [0.15, 0.2) is 0 Å². The van der Waals surface area contributed by atoms with Gasteiger partial charge < -0.3 is 5.11 Å². The Morgan fingerprint density at radius 2 is 1.38 bits per heavy atom. The molecule has 1 nitrogen and oxygen atoms in total. The molecule has 0 aromatic heterocycles. The smallest absolute Gasteiger partial charge is 0.0619 e. The van der Waals surface area contributed by atoms with Crippen LogP contribution in [0.1, 0.15) is 60.3 Å². The van der Waals surface area contributed by atoms with Crippen LogP contribution < -0.4 is 0 Å². The fraction of sp³-hybridized carbons (Fsp3) is 1.00. The lowest BCUT2D eigenvalue weighted by Gasteiger charge is -2.34. The molecule has 0 heterocycles. The third-order valence-electron chi connectivity index (χ3n) is 3.01. The Bertz CT molecular complexity index is 116. The van der Waals surface area contributed by atoms with Gasteiger partial charge in [-0.1, -0.05) is 33.6 Å². The summed E-state index contributed by atoms with van der Waals surface area (Å²) in [5, 5.41) is 9.73. The van der Waals surface area contributed by atoms with Gasteiger partial charge in [-0.25, -0.2) is 0 Å². The molecule has 80 valence electrons. The molecular formula is C12H26O. The van der Waals surface area contributed by atoms with Gasteiger partial charge in [-0.15, -0.1) is 0 Å². The average molecular weight is 186 g/mol. The molecule has 0 unspecified atom stereocenters. The third kappa shape index (κ3) is 4.66. The van der Waals surface area contributed by atoms with Crippen molar-refractivity contribution in [2.75, 3.05) is 0 Å². The van der Waals surface area contributed by atoms with E-state index in [0.717, 1.165) is 5.92 Å². The van der Waals surface area contributed by atoms with Gasteiger partial charge in [-0.05, 0) is 38.5 Å². The summed E-state index contributed by atoms with van der Waals surface area (Å²) in [6.45, 7) is 10.2. The standard InChI is InChI=1S/C10H20O.C2H6/c1-8-4-6-9(7-5-8)10(2,3)11;1-2/h8-9,11H,4-7H2,1-3H3;1-2H3. The van der Waals surface area contributed by atoms with E-state index in [1.807, 2.05) is 27.7 Å². The predicted octanol–water partition coefficient (Wildman–Crippen LogP) is 3.61. The van der Waals surface area contributed by atoms with E-state index in [1.54, 1.807) is 0 Å². The SMILES string of the molecule is CC.CC1CCC(C(C)(C)O)CC1. The monoisotopic (exact) mass is 186 g/mol. The van der Waals surface area contributed by atoms with Crippen LogP contribution in [0.5, 0.6) is 0 Å². The molecule has 0 amide bonds. The highest BCUT2D eigenvalue weighted by Crippen LogP contribution is 2.34. The maximum absolute atomic E-state index is 9.73. The summed E-state index contributed by atoms with van der Waals surface area (Å²) < 4.78 is 0. The summed E-state index contributed by atoms with van der Waals surface area (Å²) in [6, 6.07) is 0. The summed E-state index contributed by atoms with van der Waals surface area (Å²) >= 11 is 0. The van der Waals surface area contributed by atoms with Crippen LogP contribution in [-0.2, 0) is 0 Å². The Morgan fingerprint density at radius 1 is 1.00 bits per heavy atom. The summed E-state index contributed by atoms with van der Waals surface area (Å²) in [5.74, 6) is 1.42. The fourth-order valence-electron chi connectivity index (χ4n) is 1.97. The molecular weight excluding hydrogens is 160 g/mol. The number of hydrogen-bond donors (Lipinski definition) is 1. The molecule has 1 rings (SSSR count). The highest BCUT2D eigenvalue weighted by molar-refractivity contribution is 4.81. The molecule has 1 aliphatic carbocycles. The first-order valence-electron chi connectivity index (χ1n) is 5.72. The van der Waals surface area contributed by atoms with E-state index < -0.39 is 5.60 Å². The number of rotatable bonds is 1. The van der Waals surface area contributed by atoms with Crippen molar-refractivity contribution in [3.8, 4) is 0 Å². The zero-order valence-corrected chi connectivity index (χ0v) is 9.93. The highest BCUT2D eigenvalue weighted by Gasteiger charge is 2.29. The van der Waals surface area contributed by atoms with Gasteiger partial charge in [0.2, 0.25) is 0 Å². The Hall–Kier alpha value is -0.0400. The lowest BCUT2D eigenvalue weighted by Crippen LogP contribution is -2.33. The van der Waals surface area contributed by atoms with Crippen molar-refractivity contribution in [3.05, 3.63) is 0 Å². The molecule has 0 atom stereocenters. The van der Waals surface area contributed by atoms with E-state index in [4.69, 9.17) is 0 Å². The topological polar surface area (TPSA) is 20.2 Å². The second-order valence-electron chi connectivity index (χ2n) is 4.61. The second-order valence-corrected chi connectivity index (χ2v) is 4.61. The zero-order valence-electron chi connectivity index (χ0n) is 9.93. The minimum atomic E-state index is -0.444. The molecule has 1 N–H and O–H groups in total. The van der Waals surface area contributed by atoms with Crippen molar-refractivity contribution >= 4 is 0 Å². The van der Waals surface area contributed by atoms with Gasteiger partial charge in [0.25, 0.3) is 0 Å². The van der Waals surface area contributed by atoms with Crippen LogP contribution in [-0.4, -0.2) is 10.7 Å². The molecule has 1 aliphatic rings. The molecule has 0 saturated heterocycles. The fourth-order valence-corrected chi connectivity index (χ4v) is 1.97. The van der Waals surface area contributed by atoms with Crippen LogP contribution in [0.2, 0.25) is 0 Å². The maximum atomic E-state index is 9.73. The van der Waals surface area contributed by atoms with Crippen LogP contribution in [0.4, 0.5) is 0 Å². The van der Waals surface area contributed by atoms with E-state index in [1.165, 1.54) is 25.7 Å². The van der Waals surface area contributed by atoms with Gasteiger partial charge in [-0.2, -0.15) is 0 Å². The molecule has 0 aromatic rings. The quantitative estimate of drug-likeness (QED) is 0.663. The van der Waals surface area contributed by atoms with Crippen molar-refractivity contribution in [2.24, 2.45) is 11.8 Å². The van der Waals surface area contributed by atoms with Crippen molar-refractivity contribution in [1.82, 2.24) is 0 Å². The molecule has 1 saturated carbocycles. The van der Waals surface area contributed by atoms with Crippen LogP contribution in [0.25, 0.3) is 0 Å². The van der Waals surface area contributed by atoms with Crippen molar-refractivity contribution in [3.63, 3.8) is 0 Å². The van der Waals surface area contributed by atoms with E-state index in [9.17, 15) is 5.11 Å². The Kier molecular flexibility index (Phi) is 5.62. The van der Waals surface area contributed by atoms with Crippen molar-refractivity contribution in [2.45, 2.75) is 65.9 Å². The first-order valence-corrected chi connectivity index (χ1v) is 5.72. The summed E-state index contributed by atoms with van der Waals surface area (Å²) in [5.41, 5.74) is -0.444. The molecule has 0 spiro atoms. The Labute approximate surface area is 83.5 Å². The molecule has 1 fully saturated rings. The van der Waals surface area contributed by atoms with Crippen LogP contribution in [0, 0.1) is 11.8 Å². The molecule has 13 heavy (non-hydrogen) atoms. The van der Waals surface area contributed by atoms with E-state index in [2.05, 4.69) is 6.92 Å². The first kappa shape index (κ1) is 13.0. The predicted molar refractivity (Wildman–Crippen MR) is 58.8 cm³/mol. The zero-order chi connectivity index (χ0) is 10.5. The molecule has 0 aromatic carbocycles. The largest absolute Gasteiger partial charge is 0.390 e. The molecule has 0 bridgehead atoms. The minimum absolute atomic E-state index is 0.444. The van der Waals surface area contributed by atoms with Crippen LogP contribution in [0.3, 0.4) is 0 Å². The van der Waals surface area contributed by atoms with Gasteiger partial charge in [-0.3, -0.25) is 0 Å². The van der Waals surface area contributed by atoms with E-state index in [-0.39, 0.29) is 0 Å². The third-order valence-corrected chi connectivity index (χ3v) is 3.01. The highest BCUT2D eigenvalue weighted by atomic mass is 16.3. The Balaban J connectivity index is 0.000000671. The Morgan fingerprint density at radius 3 is 1.69 bits per heavy atom. The normalized spacial score (nSPS) is 29.1. The number of hydrogen-bond acceptors (Lipinski definition) is 1. The summed E-state index contributed by atoms with van der Waals surface area (Å²) in [7, 11) is 0. The van der Waals surface area contributed by atoms with E-state index in [0.29, 0.717) is 5.92 Å². The van der Waals surface area contributed by atoms with Crippen molar-refractivity contribution in [1.29, 1.82) is 0 Å². The second kappa shape index (κ2) is 5.64. The summed E-state index contributed by atoms with van der Waals surface area (Å²) in [4.78, 5) is 0. The van der Waals surface area contributed by atoms with Crippen LogP contribution in [0.15, 0.2) is 0 Å². The number of aliphatic hydroxyl groups is 1. The molecule has 0 radical (unpaired) electrons. The van der Waals surface area contributed by atoms with Gasteiger partial charge in [0, 0.05) is 0 Å². The van der Waals surface area contributed by atoms with Crippen molar-refractivity contribution < 1.29 is 5.11 Å². The average Bonchev–Trinajstić information content (AvgIpc) is 2.07. The van der Waals surface area contributed by atoms with Gasteiger partial charge in [0.1, 0.15) is 0 Å².